The number of hydrogen-bond donors (Lipinski definition) is 1. The number of H-pyrrole nitrogens is 1. The number of aromatic nitrogens is 3. The van der Waals surface area contributed by atoms with Crippen LogP contribution >= 0.6 is 11.6 Å². The summed E-state index contributed by atoms with van der Waals surface area (Å²) in [5, 5.41) is 7.77. The summed E-state index contributed by atoms with van der Waals surface area (Å²) < 4.78 is 16.0. The lowest BCUT2D eigenvalue weighted by Gasteiger charge is -2.12. The molecule has 124 valence electrons. The van der Waals surface area contributed by atoms with Crippen LogP contribution in [0.5, 0.6) is 17.2 Å². The molecular weight excluding hydrogens is 330 g/mol. The van der Waals surface area contributed by atoms with E-state index in [0.29, 0.717) is 33.9 Å². The van der Waals surface area contributed by atoms with E-state index in [4.69, 9.17) is 25.8 Å². The van der Waals surface area contributed by atoms with Crippen LogP contribution < -0.4 is 14.2 Å². The van der Waals surface area contributed by atoms with Crippen LogP contribution in [0.15, 0.2) is 36.4 Å². The number of nitrogens with zero attached hydrogens (tertiary/aromatic N) is 2. The maximum Gasteiger partial charge on any atom is 0.203 e. The van der Waals surface area contributed by atoms with Gasteiger partial charge >= 0.3 is 0 Å². The standard InChI is InChI=1S/C17H16ClN3O3/c1-22-13-8-10(9-14(23-2)15(13)24-3)16-19-17(21-20-16)11-6-4-5-7-12(11)18/h4-9H,1-3H3,(H,19,20,21). The Balaban J connectivity index is 2.06. The fourth-order valence-corrected chi connectivity index (χ4v) is 2.60. The van der Waals surface area contributed by atoms with Gasteiger partial charge in [0.05, 0.1) is 26.4 Å². The van der Waals surface area contributed by atoms with Gasteiger partial charge in [-0.15, -0.1) is 0 Å². The molecule has 0 amide bonds. The average molecular weight is 346 g/mol. The Kier molecular flexibility index (Phi) is 4.57. The van der Waals surface area contributed by atoms with Gasteiger partial charge in [-0.1, -0.05) is 23.7 Å². The molecule has 3 rings (SSSR count). The number of benzene rings is 2. The van der Waals surface area contributed by atoms with Crippen LogP contribution in [0.25, 0.3) is 22.8 Å². The second kappa shape index (κ2) is 6.80. The zero-order valence-corrected chi connectivity index (χ0v) is 14.2. The fourth-order valence-electron chi connectivity index (χ4n) is 2.37. The SMILES string of the molecule is COc1cc(-c2n[nH]c(-c3ccccc3Cl)n2)cc(OC)c1OC. The van der Waals surface area contributed by atoms with Gasteiger partial charge in [-0.25, -0.2) is 4.98 Å². The average Bonchev–Trinajstić information content (AvgIpc) is 3.10. The zero-order chi connectivity index (χ0) is 17.1. The molecule has 0 fully saturated rings. The van der Waals surface area contributed by atoms with E-state index in [1.807, 2.05) is 18.2 Å². The van der Waals surface area contributed by atoms with Crippen LogP contribution in [0.2, 0.25) is 5.02 Å². The Labute approximate surface area is 144 Å². The van der Waals surface area contributed by atoms with Crippen LogP contribution in [0.3, 0.4) is 0 Å². The lowest BCUT2D eigenvalue weighted by molar-refractivity contribution is 0.324. The van der Waals surface area contributed by atoms with Gasteiger partial charge in [-0.05, 0) is 24.3 Å². The maximum absolute atomic E-state index is 6.20. The van der Waals surface area contributed by atoms with Crippen LogP contribution in [-0.4, -0.2) is 36.5 Å². The maximum atomic E-state index is 6.20. The van der Waals surface area contributed by atoms with Crippen LogP contribution in [0.1, 0.15) is 0 Å². The molecule has 2 aromatic carbocycles. The third-order valence-corrected chi connectivity index (χ3v) is 3.87. The Morgan fingerprint density at radius 2 is 1.62 bits per heavy atom. The molecule has 0 aliphatic rings. The van der Waals surface area contributed by atoms with Crippen molar-refractivity contribution in [2.75, 3.05) is 21.3 Å². The van der Waals surface area contributed by atoms with Gasteiger partial charge in [0, 0.05) is 11.1 Å². The van der Waals surface area contributed by atoms with Gasteiger partial charge in [0.1, 0.15) is 0 Å². The van der Waals surface area contributed by atoms with Gasteiger partial charge < -0.3 is 14.2 Å². The Morgan fingerprint density at radius 1 is 0.958 bits per heavy atom. The first kappa shape index (κ1) is 16.1. The van der Waals surface area contributed by atoms with E-state index in [1.54, 1.807) is 39.5 Å². The van der Waals surface area contributed by atoms with E-state index < -0.39 is 0 Å². The molecule has 0 unspecified atom stereocenters. The fraction of sp³-hybridized carbons (Fsp3) is 0.176. The molecular formula is C17H16ClN3O3. The minimum absolute atomic E-state index is 0.504. The summed E-state index contributed by atoms with van der Waals surface area (Å²) >= 11 is 6.20. The molecule has 24 heavy (non-hydrogen) atoms. The molecule has 0 aliphatic heterocycles. The van der Waals surface area contributed by atoms with Crippen molar-refractivity contribution >= 4 is 11.6 Å². The smallest absolute Gasteiger partial charge is 0.203 e. The molecule has 0 atom stereocenters. The number of rotatable bonds is 5. The molecule has 6 nitrogen and oxygen atoms in total. The van der Waals surface area contributed by atoms with E-state index in [9.17, 15) is 0 Å². The Bertz CT molecular complexity index is 839. The third-order valence-electron chi connectivity index (χ3n) is 3.54. The lowest BCUT2D eigenvalue weighted by atomic mass is 10.1. The minimum atomic E-state index is 0.504. The van der Waals surface area contributed by atoms with Gasteiger partial charge in [-0.2, -0.15) is 5.10 Å². The minimum Gasteiger partial charge on any atom is -0.493 e. The molecule has 1 aromatic heterocycles. The second-order valence-electron chi connectivity index (χ2n) is 4.90. The molecule has 1 N–H and O–H groups in total. The number of methoxy groups -OCH3 is 3. The predicted octanol–water partition coefficient (Wildman–Crippen LogP) is 3.82. The van der Waals surface area contributed by atoms with Gasteiger partial charge in [-0.3, -0.25) is 5.10 Å². The van der Waals surface area contributed by atoms with E-state index in [2.05, 4.69) is 15.2 Å². The summed E-state index contributed by atoms with van der Waals surface area (Å²) in [6.45, 7) is 0. The molecule has 7 heteroatoms. The van der Waals surface area contributed by atoms with Crippen molar-refractivity contribution in [3.8, 4) is 40.0 Å². The highest BCUT2D eigenvalue weighted by Gasteiger charge is 2.17. The number of aromatic amines is 1. The Morgan fingerprint density at radius 3 is 2.21 bits per heavy atom. The van der Waals surface area contributed by atoms with E-state index in [-0.39, 0.29) is 0 Å². The molecule has 1 heterocycles. The summed E-state index contributed by atoms with van der Waals surface area (Å²) in [7, 11) is 4.69. The molecule has 3 aromatic rings. The topological polar surface area (TPSA) is 69.3 Å². The highest BCUT2D eigenvalue weighted by atomic mass is 35.5. The quantitative estimate of drug-likeness (QED) is 0.761. The van der Waals surface area contributed by atoms with E-state index >= 15 is 0 Å². The predicted molar refractivity (Wildman–Crippen MR) is 91.9 cm³/mol. The second-order valence-corrected chi connectivity index (χ2v) is 5.31. The normalized spacial score (nSPS) is 10.5. The number of hydrogen-bond acceptors (Lipinski definition) is 5. The first-order chi connectivity index (χ1) is 11.7. The number of ether oxygens (including phenoxy) is 3. The number of nitrogens with one attached hydrogen (secondary N) is 1. The van der Waals surface area contributed by atoms with Gasteiger partial charge in [0.15, 0.2) is 23.1 Å². The third kappa shape index (κ3) is 2.88. The zero-order valence-electron chi connectivity index (χ0n) is 13.5. The number of halogens is 1. The largest absolute Gasteiger partial charge is 0.493 e. The van der Waals surface area contributed by atoms with Crippen molar-refractivity contribution in [2.45, 2.75) is 0 Å². The van der Waals surface area contributed by atoms with Gasteiger partial charge in [0.25, 0.3) is 0 Å². The van der Waals surface area contributed by atoms with E-state index in [1.165, 1.54) is 0 Å². The first-order valence-electron chi connectivity index (χ1n) is 7.15. The summed E-state index contributed by atoms with van der Waals surface area (Å²) in [6, 6.07) is 11.0. The first-order valence-corrected chi connectivity index (χ1v) is 7.53. The van der Waals surface area contributed by atoms with E-state index in [0.717, 1.165) is 11.1 Å². The van der Waals surface area contributed by atoms with Crippen molar-refractivity contribution in [1.82, 2.24) is 15.2 Å². The van der Waals surface area contributed by atoms with Crippen LogP contribution in [0, 0.1) is 0 Å². The van der Waals surface area contributed by atoms with Crippen LogP contribution in [0.4, 0.5) is 0 Å². The molecule has 0 bridgehead atoms. The van der Waals surface area contributed by atoms with Crippen molar-refractivity contribution in [1.29, 1.82) is 0 Å². The molecule has 0 saturated carbocycles. The summed E-state index contributed by atoms with van der Waals surface area (Å²) in [5.41, 5.74) is 1.52. The summed E-state index contributed by atoms with van der Waals surface area (Å²) in [5.74, 6) is 2.69. The molecule has 0 radical (unpaired) electrons. The summed E-state index contributed by atoms with van der Waals surface area (Å²) in [4.78, 5) is 4.51. The highest BCUT2D eigenvalue weighted by molar-refractivity contribution is 6.33. The van der Waals surface area contributed by atoms with Crippen molar-refractivity contribution in [2.24, 2.45) is 0 Å². The molecule has 0 spiro atoms. The molecule has 0 aliphatic carbocycles. The van der Waals surface area contributed by atoms with Crippen molar-refractivity contribution in [3.63, 3.8) is 0 Å². The van der Waals surface area contributed by atoms with Crippen LogP contribution in [-0.2, 0) is 0 Å². The summed E-state index contributed by atoms with van der Waals surface area (Å²) in [6.07, 6.45) is 0. The molecule has 0 saturated heterocycles. The van der Waals surface area contributed by atoms with Crippen molar-refractivity contribution in [3.05, 3.63) is 41.4 Å². The lowest BCUT2D eigenvalue weighted by Crippen LogP contribution is -1.96. The van der Waals surface area contributed by atoms with Gasteiger partial charge in [0.2, 0.25) is 5.75 Å². The highest BCUT2D eigenvalue weighted by Crippen LogP contribution is 2.40. The monoisotopic (exact) mass is 345 g/mol. The van der Waals surface area contributed by atoms with Crippen molar-refractivity contribution < 1.29 is 14.2 Å². The Hall–Kier alpha value is -2.73.